The van der Waals surface area contributed by atoms with E-state index < -0.39 is 54.2 Å². The quantitative estimate of drug-likeness (QED) is 0.0227. The lowest BCUT2D eigenvalue weighted by Gasteiger charge is -2.45. The van der Waals surface area contributed by atoms with Crippen molar-refractivity contribution in [3.05, 3.63) is 215 Å². The molecule has 1 aliphatic heterocycles. The van der Waals surface area contributed by atoms with Crippen molar-refractivity contribution in [2.75, 3.05) is 13.2 Å². The van der Waals surface area contributed by atoms with Gasteiger partial charge in [0, 0.05) is 6.61 Å². The van der Waals surface area contributed by atoms with Crippen LogP contribution in [-0.4, -0.2) is 61.8 Å². The van der Waals surface area contributed by atoms with Crippen LogP contribution >= 0.6 is 0 Å². The molecule has 69 heavy (non-hydrogen) atoms. The van der Waals surface area contributed by atoms with Crippen molar-refractivity contribution in [3.8, 4) is 0 Å². The summed E-state index contributed by atoms with van der Waals surface area (Å²) in [5.41, 5.74) is 2.13. The summed E-state index contributed by atoms with van der Waals surface area (Å²) in [6.45, 7) is 2.32. The highest BCUT2D eigenvalue weighted by atomic mass is 16.7. The second-order valence-corrected chi connectivity index (χ2v) is 17.6. The number of rotatable bonds is 26. The molecule has 0 bridgehead atoms. The van der Waals surface area contributed by atoms with E-state index in [9.17, 15) is 14.4 Å². The van der Waals surface area contributed by atoms with Crippen molar-refractivity contribution in [1.29, 1.82) is 0 Å². The molecule has 6 aromatic carbocycles. The Balaban J connectivity index is 1.23. The number of hydrogen-bond donors (Lipinski definition) is 0. The number of unbranched alkanes of at least 4 members (excludes halogenated alkanes) is 11. The minimum absolute atomic E-state index is 0.192. The molecular formula is C60H66O9. The second kappa shape index (κ2) is 27.0. The number of benzene rings is 6. The Morgan fingerprint density at radius 3 is 1.14 bits per heavy atom. The first-order valence-electron chi connectivity index (χ1n) is 24.8. The van der Waals surface area contributed by atoms with E-state index in [1.165, 1.54) is 51.4 Å². The van der Waals surface area contributed by atoms with E-state index in [0.717, 1.165) is 42.4 Å². The minimum atomic E-state index is -1.42. The highest BCUT2D eigenvalue weighted by Gasteiger charge is 2.54. The van der Waals surface area contributed by atoms with Gasteiger partial charge in [-0.2, -0.15) is 0 Å². The van der Waals surface area contributed by atoms with Gasteiger partial charge in [0.15, 0.2) is 24.6 Å². The molecule has 1 heterocycles. The van der Waals surface area contributed by atoms with Crippen LogP contribution in [0.1, 0.15) is 132 Å². The SMILES string of the molecule is CCCCCCCCCCCCCCO[C@@H]1O[C@H](COC(c2ccccc2)(c2ccccc2)c2ccccc2)[C@@H](OC(=O)c2ccccc2)[C@H](OC(=O)c2ccccc2)[C@H]1OC(=O)c1ccccc1. The first kappa shape index (κ1) is 50.5. The largest absolute Gasteiger partial charge is 0.452 e. The number of esters is 3. The van der Waals surface area contributed by atoms with Gasteiger partial charge < -0.3 is 28.4 Å². The van der Waals surface area contributed by atoms with Crippen molar-refractivity contribution in [3.63, 3.8) is 0 Å². The molecule has 360 valence electrons. The van der Waals surface area contributed by atoms with E-state index >= 15 is 0 Å². The smallest absolute Gasteiger partial charge is 0.338 e. The molecule has 0 aliphatic carbocycles. The van der Waals surface area contributed by atoms with Crippen LogP contribution in [0, 0.1) is 0 Å². The molecule has 9 heteroatoms. The van der Waals surface area contributed by atoms with Gasteiger partial charge in [-0.1, -0.05) is 223 Å². The van der Waals surface area contributed by atoms with E-state index in [1.807, 2.05) is 91.0 Å². The molecule has 0 amide bonds. The van der Waals surface area contributed by atoms with Crippen LogP contribution in [0.4, 0.5) is 0 Å². The molecule has 0 radical (unpaired) electrons. The van der Waals surface area contributed by atoms with Crippen molar-refractivity contribution in [2.45, 2.75) is 120 Å². The molecule has 0 unspecified atom stereocenters. The molecule has 6 aromatic rings. The molecule has 5 atom stereocenters. The fourth-order valence-corrected chi connectivity index (χ4v) is 8.96. The van der Waals surface area contributed by atoms with Crippen LogP contribution in [0.25, 0.3) is 0 Å². The van der Waals surface area contributed by atoms with Crippen molar-refractivity contribution in [1.82, 2.24) is 0 Å². The lowest BCUT2D eigenvalue weighted by atomic mass is 9.80. The average Bonchev–Trinajstić information content (AvgIpc) is 3.41. The van der Waals surface area contributed by atoms with Crippen molar-refractivity contribution in [2.24, 2.45) is 0 Å². The van der Waals surface area contributed by atoms with Crippen LogP contribution in [0.2, 0.25) is 0 Å². The third-order valence-electron chi connectivity index (χ3n) is 12.6. The van der Waals surface area contributed by atoms with E-state index in [1.54, 1.807) is 91.0 Å². The first-order chi connectivity index (χ1) is 34.0. The van der Waals surface area contributed by atoms with Gasteiger partial charge in [0.25, 0.3) is 0 Å². The Morgan fingerprint density at radius 2 is 0.754 bits per heavy atom. The lowest BCUT2D eigenvalue weighted by molar-refractivity contribution is -0.303. The monoisotopic (exact) mass is 930 g/mol. The van der Waals surface area contributed by atoms with Crippen LogP contribution in [0.5, 0.6) is 0 Å². The fourth-order valence-electron chi connectivity index (χ4n) is 8.96. The zero-order valence-electron chi connectivity index (χ0n) is 39.8. The minimum Gasteiger partial charge on any atom is -0.452 e. The summed E-state index contributed by atoms with van der Waals surface area (Å²) in [5.74, 6) is -2.10. The predicted molar refractivity (Wildman–Crippen MR) is 268 cm³/mol. The maximum atomic E-state index is 14.3. The lowest BCUT2D eigenvalue weighted by Crippen LogP contribution is -2.63. The van der Waals surface area contributed by atoms with Gasteiger partial charge in [-0.15, -0.1) is 0 Å². The summed E-state index contributed by atoms with van der Waals surface area (Å²) in [4.78, 5) is 42.6. The molecule has 0 spiro atoms. The van der Waals surface area contributed by atoms with Crippen LogP contribution < -0.4 is 0 Å². The van der Waals surface area contributed by atoms with Gasteiger partial charge in [0.1, 0.15) is 11.7 Å². The van der Waals surface area contributed by atoms with Crippen LogP contribution in [0.15, 0.2) is 182 Å². The van der Waals surface area contributed by atoms with E-state index in [0.29, 0.717) is 0 Å². The van der Waals surface area contributed by atoms with Gasteiger partial charge in [-0.25, -0.2) is 14.4 Å². The maximum absolute atomic E-state index is 14.3. The van der Waals surface area contributed by atoms with Gasteiger partial charge in [-0.05, 0) is 59.5 Å². The average molecular weight is 931 g/mol. The van der Waals surface area contributed by atoms with Gasteiger partial charge >= 0.3 is 17.9 Å². The maximum Gasteiger partial charge on any atom is 0.338 e. The zero-order chi connectivity index (χ0) is 47.9. The summed E-state index contributed by atoms with van der Waals surface area (Å²) < 4.78 is 40.0. The predicted octanol–water partition coefficient (Wildman–Crippen LogP) is 13.1. The van der Waals surface area contributed by atoms with Gasteiger partial charge in [0.2, 0.25) is 0 Å². The van der Waals surface area contributed by atoms with Crippen molar-refractivity contribution < 1.29 is 42.8 Å². The molecule has 1 saturated heterocycles. The normalized spacial score (nSPS) is 18.0. The zero-order valence-corrected chi connectivity index (χ0v) is 39.8. The van der Waals surface area contributed by atoms with E-state index in [2.05, 4.69) is 6.92 Å². The summed E-state index contributed by atoms with van der Waals surface area (Å²) >= 11 is 0. The van der Waals surface area contributed by atoms with E-state index in [-0.39, 0.29) is 29.9 Å². The Bertz CT molecular complexity index is 2300. The molecule has 1 aliphatic rings. The third kappa shape index (κ3) is 14.1. The van der Waals surface area contributed by atoms with E-state index in [4.69, 9.17) is 28.4 Å². The third-order valence-corrected chi connectivity index (χ3v) is 12.6. The standard InChI is InChI=1S/C60H66O9/c1-2-3-4-5-6-7-8-9-10-11-12-31-44-64-59-55(69-58(63)48-36-23-15-24-37-48)54(68-57(62)47-34-21-14-22-35-47)53(67-56(61)46-32-19-13-20-33-46)52(66-59)45-65-60(49-38-25-16-26-39-49,50-40-27-17-28-41-50)51-42-29-18-30-43-51/h13-30,32-43,52-55,59H,2-12,31,44-45H2,1H3/t52-,53-,54+,55-,59-/m1/s1. The number of carbonyl (C=O) groups is 3. The number of hydrogen-bond acceptors (Lipinski definition) is 9. The van der Waals surface area contributed by atoms with Gasteiger partial charge in [0.05, 0.1) is 23.3 Å². The Kier molecular flexibility index (Phi) is 19.7. The van der Waals surface area contributed by atoms with Crippen molar-refractivity contribution >= 4 is 17.9 Å². The molecular weight excluding hydrogens is 865 g/mol. The molecule has 1 fully saturated rings. The highest BCUT2D eigenvalue weighted by molar-refractivity contribution is 5.91. The Labute approximate surface area is 408 Å². The summed E-state index contributed by atoms with van der Waals surface area (Å²) in [6.07, 6.45) is 7.54. The molecule has 0 saturated carbocycles. The number of ether oxygens (including phenoxy) is 6. The topological polar surface area (TPSA) is 107 Å². The molecule has 7 rings (SSSR count). The Morgan fingerprint density at radius 1 is 0.420 bits per heavy atom. The number of carbonyl (C=O) groups excluding carboxylic acids is 3. The van der Waals surface area contributed by atoms with Gasteiger partial charge in [-0.3, -0.25) is 0 Å². The molecule has 0 N–H and O–H groups in total. The molecule has 9 nitrogen and oxygen atoms in total. The highest BCUT2D eigenvalue weighted by Crippen LogP contribution is 2.42. The van der Waals surface area contributed by atoms with Crippen LogP contribution in [0.3, 0.4) is 0 Å². The molecule has 0 aromatic heterocycles. The summed E-state index contributed by atoms with van der Waals surface area (Å²) in [7, 11) is 0. The summed E-state index contributed by atoms with van der Waals surface area (Å²) in [6, 6.07) is 55.3. The fraction of sp³-hybridized carbons (Fsp3) is 0.350. The Hall–Kier alpha value is -6.39. The van der Waals surface area contributed by atoms with Crippen LogP contribution in [-0.2, 0) is 34.0 Å². The first-order valence-corrected chi connectivity index (χ1v) is 24.8. The second-order valence-electron chi connectivity index (χ2n) is 17.6. The summed E-state index contributed by atoms with van der Waals surface area (Å²) in [5, 5.41) is 0.